The van der Waals surface area contributed by atoms with E-state index in [1.165, 1.54) is 12.8 Å². The normalized spacial score (nSPS) is 23.5. The van der Waals surface area contributed by atoms with Crippen LogP contribution in [0.1, 0.15) is 44.6 Å². The molecule has 2 aliphatic carbocycles. The molecule has 0 aliphatic heterocycles. The summed E-state index contributed by atoms with van der Waals surface area (Å²) in [5, 5.41) is 3.12. The molecule has 124 valence electrons. The highest BCUT2D eigenvalue weighted by Gasteiger charge is 2.49. The van der Waals surface area contributed by atoms with E-state index >= 15 is 0 Å². The van der Waals surface area contributed by atoms with Crippen LogP contribution in [0.4, 0.5) is 0 Å². The molecule has 0 bridgehead atoms. The van der Waals surface area contributed by atoms with Gasteiger partial charge in [0.2, 0.25) is 11.8 Å². The highest BCUT2D eigenvalue weighted by molar-refractivity contribution is 5.92. The standard InChI is InChI=1S/C19H26N2O2/c1-2-21(13-14-8-4-3-5-9-14)19(23)17-12-16(17)18(22)20-15-10-6-7-11-15/h3-5,8-9,15-17H,2,6-7,10-13H2,1H3,(H,20,22). The van der Waals surface area contributed by atoms with Gasteiger partial charge in [-0.25, -0.2) is 0 Å². The van der Waals surface area contributed by atoms with Gasteiger partial charge < -0.3 is 10.2 Å². The van der Waals surface area contributed by atoms with Gasteiger partial charge in [-0.3, -0.25) is 9.59 Å². The number of hydrogen-bond acceptors (Lipinski definition) is 2. The molecule has 0 heterocycles. The number of carbonyl (C=O) groups is 2. The molecule has 2 amide bonds. The first-order chi connectivity index (χ1) is 11.2. The second-order valence-electron chi connectivity index (χ2n) is 6.78. The van der Waals surface area contributed by atoms with E-state index in [1.54, 1.807) is 0 Å². The molecule has 2 aliphatic rings. The van der Waals surface area contributed by atoms with E-state index in [9.17, 15) is 9.59 Å². The predicted molar refractivity (Wildman–Crippen MR) is 89.5 cm³/mol. The number of rotatable bonds is 6. The van der Waals surface area contributed by atoms with Gasteiger partial charge in [-0.15, -0.1) is 0 Å². The Kier molecular flexibility index (Phi) is 4.99. The molecule has 2 fully saturated rings. The first-order valence-corrected chi connectivity index (χ1v) is 8.82. The summed E-state index contributed by atoms with van der Waals surface area (Å²) >= 11 is 0. The van der Waals surface area contributed by atoms with Crippen LogP contribution in [0.2, 0.25) is 0 Å². The Morgan fingerprint density at radius 3 is 2.48 bits per heavy atom. The van der Waals surface area contributed by atoms with Crippen molar-refractivity contribution in [2.45, 2.75) is 51.6 Å². The largest absolute Gasteiger partial charge is 0.353 e. The van der Waals surface area contributed by atoms with Gasteiger partial charge >= 0.3 is 0 Å². The molecule has 4 heteroatoms. The lowest BCUT2D eigenvalue weighted by molar-refractivity contribution is -0.135. The van der Waals surface area contributed by atoms with Crippen molar-refractivity contribution < 1.29 is 9.59 Å². The lowest BCUT2D eigenvalue weighted by Gasteiger charge is -2.21. The smallest absolute Gasteiger partial charge is 0.226 e. The molecular formula is C19H26N2O2. The van der Waals surface area contributed by atoms with Gasteiger partial charge in [0.1, 0.15) is 0 Å². The molecular weight excluding hydrogens is 288 g/mol. The molecule has 0 aromatic heterocycles. The highest BCUT2D eigenvalue weighted by Crippen LogP contribution is 2.40. The van der Waals surface area contributed by atoms with E-state index in [2.05, 4.69) is 5.32 Å². The van der Waals surface area contributed by atoms with Crippen molar-refractivity contribution >= 4 is 11.8 Å². The lowest BCUT2D eigenvalue weighted by Crippen LogP contribution is -2.36. The number of hydrogen-bond donors (Lipinski definition) is 1. The van der Waals surface area contributed by atoms with E-state index < -0.39 is 0 Å². The van der Waals surface area contributed by atoms with Crippen molar-refractivity contribution in [1.29, 1.82) is 0 Å². The van der Waals surface area contributed by atoms with E-state index in [1.807, 2.05) is 42.2 Å². The minimum Gasteiger partial charge on any atom is -0.353 e. The average molecular weight is 314 g/mol. The van der Waals surface area contributed by atoms with Crippen molar-refractivity contribution in [3.8, 4) is 0 Å². The number of nitrogens with zero attached hydrogens (tertiary/aromatic N) is 1. The molecule has 2 unspecified atom stereocenters. The average Bonchev–Trinajstić information content (AvgIpc) is 3.23. The van der Waals surface area contributed by atoms with Gasteiger partial charge in [-0.1, -0.05) is 43.2 Å². The fraction of sp³-hybridized carbons (Fsp3) is 0.579. The summed E-state index contributed by atoms with van der Waals surface area (Å²) in [5.41, 5.74) is 1.13. The Hall–Kier alpha value is -1.84. The molecule has 4 nitrogen and oxygen atoms in total. The van der Waals surface area contributed by atoms with Gasteiger partial charge in [0.25, 0.3) is 0 Å². The molecule has 0 spiro atoms. The summed E-state index contributed by atoms with van der Waals surface area (Å²) in [6.45, 7) is 3.31. The van der Waals surface area contributed by atoms with Gasteiger partial charge in [0.15, 0.2) is 0 Å². The van der Waals surface area contributed by atoms with Gasteiger partial charge in [0, 0.05) is 19.1 Å². The van der Waals surface area contributed by atoms with Gasteiger partial charge in [-0.2, -0.15) is 0 Å². The maximum absolute atomic E-state index is 12.6. The van der Waals surface area contributed by atoms with Gasteiger partial charge in [-0.05, 0) is 31.7 Å². The summed E-state index contributed by atoms with van der Waals surface area (Å²) in [6, 6.07) is 10.4. The zero-order valence-electron chi connectivity index (χ0n) is 13.8. The van der Waals surface area contributed by atoms with Crippen molar-refractivity contribution in [1.82, 2.24) is 10.2 Å². The first kappa shape index (κ1) is 16.0. The Balaban J connectivity index is 1.52. The molecule has 2 saturated carbocycles. The fourth-order valence-corrected chi connectivity index (χ4v) is 3.52. The number of amides is 2. The van der Waals surface area contributed by atoms with E-state index in [0.717, 1.165) is 18.4 Å². The van der Waals surface area contributed by atoms with Gasteiger partial charge in [0.05, 0.1) is 11.8 Å². The zero-order chi connectivity index (χ0) is 16.2. The quantitative estimate of drug-likeness (QED) is 0.878. The van der Waals surface area contributed by atoms with Crippen molar-refractivity contribution in [2.24, 2.45) is 11.8 Å². The second-order valence-corrected chi connectivity index (χ2v) is 6.78. The second kappa shape index (κ2) is 7.16. The molecule has 23 heavy (non-hydrogen) atoms. The lowest BCUT2D eigenvalue weighted by atomic mass is 10.2. The van der Waals surface area contributed by atoms with Crippen molar-refractivity contribution in [3.05, 3.63) is 35.9 Å². The SMILES string of the molecule is CCN(Cc1ccccc1)C(=O)C1CC1C(=O)NC1CCCC1. The third-order valence-electron chi connectivity index (χ3n) is 5.06. The monoisotopic (exact) mass is 314 g/mol. The van der Waals surface area contributed by atoms with E-state index in [0.29, 0.717) is 25.6 Å². The Morgan fingerprint density at radius 1 is 1.13 bits per heavy atom. The zero-order valence-corrected chi connectivity index (χ0v) is 13.8. The Morgan fingerprint density at radius 2 is 1.83 bits per heavy atom. The highest BCUT2D eigenvalue weighted by atomic mass is 16.2. The summed E-state index contributed by atoms with van der Waals surface area (Å²) < 4.78 is 0. The molecule has 2 atom stereocenters. The molecule has 1 N–H and O–H groups in total. The topological polar surface area (TPSA) is 49.4 Å². The van der Waals surface area contributed by atoms with E-state index in [-0.39, 0.29) is 23.7 Å². The minimum absolute atomic E-state index is 0.0889. The van der Waals surface area contributed by atoms with Crippen molar-refractivity contribution in [2.75, 3.05) is 6.54 Å². The van der Waals surface area contributed by atoms with E-state index in [4.69, 9.17) is 0 Å². The first-order valence-electron chi connectivity index (χ1n) is 8.82. The van der Waals surface area contributed by atoms with Crippen LogP contribution in [0.5, 0.6) is 0 Å². The summed E-state index contributed by atoms with van der Waals surface area (Å²) in [4.78, 5) is 26.8. The van der Waals surface area contributed by atoms with Crippen LogP contribution < -0.4 is 5.32 Å². The predicted octanol–water partition coefficient (Wildman–Crippen LogP) is 2.73. The van der Waals surface area contributed by atoms with Crippen LogP contribution in [0.3, 0.4) is 0 Å². The molecule has 3 rings (SSSR count). The summed E-state index contributed by atoms with van der Waals surface area (Å²) in [6.07, 6.45) is 5.30. The third-order valence-corrected chi connectivity index (χ3v) is 5.06. The number of benzene rings is 1. The maximum atomic E-state index is 12.6. The molecule has 1 aromatic rings. The molecule has 0 saturated heterocycles. The van der Waals surface area contributed by atoms with Crippen LogP contribution >= 0.6 is 0 Å². The maximum Gasteiger partial charge on any atom is 0.226 e. The van der Waals surface area contributed by atoms with Crippen LogP contribution in [0.25, 0.3) is 0 Å². The minimum atomic E-state index is -0.111. The fourth-order valence-electron chi connectivity index (χ4n) is 3.52. The summed E-state index contributed by atoms with van der Waals surface area (Å²) in [7, 11) is 0. The van der Waals surface area contributed by atoms with Crippen LogP contribution in [-0.4, -0.2) is 29.3 Å². The number of carbonyl (C=O) groups excluding carboxylic acids is 2. The number of nitrogens with one attached hydrogen (secondary N) is 1. The Labute approximate surface area is 138 Å². The van der Waals surface area contributed by atoms with Crippen molar-refractivity contribution in [3.63, 3.8) is 0 Å². The molecule has 0 radical (unpaired) electrons. The van der Waals surface area contributed by atoms with Crippen LogP contribution in [-0.2, 0) is 16.1 Å². The molecule has 1 aromatic carbocycles. The van der Waals surface area contributed by atoms with Crippen LogP contribution in [0.15, 0.2) is 30.3 Å². The summed E-state index contributed by atoms with van der Waals surface area (Å²) in [5.74, 6) is 0.00179. The van der Waals surface area contributed by atoms with Crippen LogP contribution in [0, 0.1) is 11.8 Å². The Bertz CT molecular complexity index is 552. The third kappa shape index (κ3) is 3.92.